The predicted octanol–water partition coefficient (Wildman–Crippen LogP) is 4.64. The monoisotopic (exact) mass is 483 g/mol. The number of piperazine rings is 1. The van der Waals surface area contributed by atoms with Gasteiger partial charge in [-0.05, 0) is 61.8 Å². The first-order valence-corrected chi connectivity index (χ1v) is 13.5. The number of benzene rings is 2. The molecule has 0 radical (unpaired) electrons. The molecule has 1 amide bonds. The smallest absolute Gasteiger partial charge is 0.231 e. The van der Waals surface area contributed by atoms with Crippen LogP contribution in [0, 0.1) is 0 Å². The lowest BCUT2D eigenvalue weighted by Gasteiger charge is -2.39. The molecule has 2 aromatic carbocycles. The Morgan fingerprint density at radius 2 is 1.81 bits per heavy atom. The summed E-state index contributed by atoms with van der Waals surface area (Å²) < 4.78 is 0. The molecule has 3 atom stereocenters. The summed E-state index contributed by atoms with van der Waals surface area (Å²) in [5.41, 5.74) is 3.73. The van der Waals surface area contributed by atoms with Crippen molar-refractivity contribution < 1.29 is 4.79 Å². The van der Waals surface area contributed by atoms with E-state index in [0.29, 0.717) is 5.92 Å². The molecule has 3 aliphatic rings. The minimum atomic E-state index is -0.187. The van der Waals surface area contributed by atoms with Gasteiger partial charge in [0, 0.05) is 49.0 Å². The number of amides is 1. The molecule has 6 rings (SSSR count). The molecule has 1 aliphatic carbocycles. The molecule has 2 fully saturated rings. The van der Waals surface area contributed by atoms with E-state index in [1.54, 1.807) is 6.33 Å². The van der Waals surface area contributed by atoms with Gasteiger partial charge in [0.15, 0.2) is 0 Å². The SMILES string of the molecule is C[C@@H]1CCc2ncnc(N3CCN(C(=O)[C@@H](c4cccc5ccccc45)[C@@H]4CCC(C)(C)N4)CC3)c21. The third-order valence-corrected chi connectivity index (χ3v) is 8.63. The first kappa shape index (κ1) is 23.4. The number of anilines is 1. The third-order valence-electron chi connectivity index (χ3n) is 8.63. The number of nitrogens with zero attached hydrogens (tertiary/aromatic N) is 4. The Kier molecular flexibility index (Phi) is 5.95. The van der Waals surface area contributed by atoms with Crippen molar-refractivity contribution in [2.45, 2.75) is 69.9 Å². The fraction of sp³-hybridized carbons (Fsp3) is 0.500. The van der Waals surface area contributed by atoms with Crippen LogP contribution >= 0.6 is 0 Å². The van der Waals surface area contributed by atoms with Crippen LogP contribution in [0.1, 0.15) is 68.7 Å². The maximum absolute atomic E-state index is 14.3. The van der Waals surface area contributed by atoms with Gasteiger partial charge in [-0.25, -0.2) is 9.97 Å². The van der Waals surface area contributed by atoms with Crippen LogP contribution in [0.5, 0.6) is 0 Å². The van der Waals surface area contributed by atoms with Gasteiger partial charge in [-0.3, -0.25) is 4.79 Å². The number of hydrogen-bond donors (Lipinski definition) is 1. The summed E-state index contributed by atoms with van der Waals surface area (Å²) in [6, 6.07) is 15.0. The van der Waals surface area contributed by atoms with E-state index in [0.717, 1.165) is 63.2 Å². The van der Waals surface area contributed by atoms with Crippen molar-refractivity contribution in [3.05, 3.63) is 65.6 Å². The summed E-state index contributed by atoms with van der Waals surface area (Å²) >= 11 is 0. The van der Waals surface area contributed by atoms with Crippen LogP contribution < -0.4 is 10.2 Å². The molecule has 0 unspecified atom stereocenters. The zero-order valence-electron chi connectivity index (χ0n) is 21.7. The second kappa shape index (κ2) is 9.15. The Balaban J connectivity index is 1.27. The van der Waals surface area contributed by atoms with Gasteiger partial charge < -0.3 is 15.1 Å². The maximum atomic E-state index is 14.3. The van der Waals surface area contributed by atoms with Gasteiger partial charge in [0.05, 0.1) is 5.92 Å². The van der Waals surface area contributed by atoms with E-state index >= 15 is 0 Å². The van der Waals surface area contributed by atoms with E-state index in [1.165, 1.54) is 22.0 Å². The Morgan fingerprint density at radius 1 is 1.03 bits per heavy atom. The zero-order valence-corrected chi connectivity index (χ0v) is 21.7. The van der Waals surface area contributed by atoms with Crippen molar-refractivity contribution in [2.24, 2.45) is 0 Å². The topological polar surface area (TPSA) is 61.4 Å². The van der Waals surface area contributed by atoms with Gasteiger partial charge in [-0.2, -0.15) is 0 Å². The summed E-state index contributed by atoms with van der Waals surface area (Å²) in [5.74, 6) is 1.65. The Morgan fingerprint density at radius 3 is 2.58 bits per heavy atom. The van der Waals surface area contributed by atoms with Crippen LogP contribution in [0.4, 0.5) is 5.82 Å². The lowest BCUT2D eigenvalue weighted by atomic mass is 9.85. The number of rotatable bonds is 4. The second-order valence-corrected chi connectivity index (χ2v) is 11.5. The van der Waals surface area contributed by atoms with Crippen molar-refractivity contribution in [2.75, 3.05) is 31.1 Å². The number of hydrogen-bond acceptors (Lipinski definition) is 5. The van der Waals surface area contributed by atoms with Gasteiger partial charge in [-0.15, -0.1) is 0 Å². The van der Waals surface area contributed by atoms with Crippen LogP contribution in [0.3, 0.4) is 0 Å². The molecular weight excluding hydrogens is 446 g/mol. The lowest BCUT2D eigenvalue weighted by molar-refractivity contribution is -0.133. The average molecular weight is 484 g/mol. The Hall–Kier alpha value is -2.99. The number of carbonyl (C=O) groups is 1. The Labute approximate surface area is 214 Å². The van der Waals surface area contributed by atoms with Crippen LogP contribution in [0.25, 0.3) is 10.8 Å². The van der Waals surface area contributed by atoms with Crippen molar-refractivity contribution in [3.8, 4) is 0 Å². The zero-order chi connectivity index (χ0) is 24.9. The van der Waals surface area contributed by atoms with Gasteiger partial charge in [0.1, 0.15) is 12.1 Å². The molecule has 2 saturated heterocycles. The fourth-order valence-electron chi connectivity index (χ4n) is 6.67. The summed E-state index contributed by atoms with van der Waals surface area (Å²) in [6.07, 6.45) is 6.00. The molecule has 1 N–H and O–H groups in total. The first-order chi connectivity index (χ1) is 17.4. The molecule has 0 bridgehead atoms. The number of carbonyl (C=O) groups excluding carboxylic acids is 1. The summed E-state index contributed by atoms with van der Waals surface area (Å²) in [7, 11) is 0. The largest absolute Gasteiger partial charge is 0.353 e. The number of aromatic nitrogens is 2. The highest BCUT2D eigenvalue weighted by molar-refractivity contribution is 5.93. The maximum Gasteiger partial charge on any atom is 0.231 e. The highest BCUT2D eigenvalue weighted by Crippen LogP contribution is 2.39. The van der Waals surface area contributed by atoms with E-state index in [-0.39, 0.29) is 23.4 Å². The van der Waals surface area contributed by atoms with Crippen molar-refractivity contribution >= 4 is 22.5 Å². The molecule has 3 aromatic rings. The van der Waals surface area contributed by atoms with Gasteiger partial charge in [-0.1, -0.05) is 49.4 Å². The highest BCUT2D eigenvalue weighted by atomic mass is 16.2. The van der Waals surface area contributed by atoms with Crippen LogP contribution in [0.15, 0.2) is 48.8 Å². The number of nitrogens with one attached hydrogen (secondary N) is 1. The average Bonchev–Trinajstić information content (AvgIpc) is 3.46. The lowest BCUT2D eigenvalue weighted by Crippen LogP contribution is -2.53. The van der Waals surface area contributed by atoms with E-state index in [2.05, 4.69) is 83.3 Å². The first-order valence-electron chi connectivity index (χ1n) is 13.5. The number of aryl methyl sites for hydroxylation is 1. The summed E-state index contributed by atoms with van der Waals surface area (Å²) in [5, 5.41) is 6.19. The predicted molar refractivity (Wildman–Crippen MR) is 144 cm³/mol. The minimum absolute atomic E-state index is 0.0521. The molecule has 3 heterocycles. The Bertz CT molecular complexity index is 1270. The quantitative estimate of drug-likeness (QED) is 0.586. The third kappa shape index (κ3) is 4.15. The molecule has 36 heavy (non-hydrogen) atoms. The molecule has 2 aliphatic heterocycles. The molecule has 0 spiro atoms. The van der Waals surface area contributed by atoms with Crippen molar-refractivity contribution in [3.63, 3.8) is 0 Å². The second-order valence-electron chi connectivity index (χ2n) is 11.5. The van der Waals surface area contributed by atoms with E-state index in [9.17, 15) is 4.79 Å². The standard InChI is InChI=1S/C30H37N5O/c1-20-11-12-24-26(20)28(32-19-31-24)34-15-17-35(18-16-34)29(36)27(25-13-14-30(2,3)33-25)23-10-6-8-21-7-4-5-9-22(21)23/h4-10,19-20,25,27,33H,11-18H2,1-3H3/t20-,25+,27+/m1/s1. The molecular formula is C30H37N5O. The normalized spacial score (nSPS) is 24.2. The molecule has 6 heteroatoms. The number of fused-ring (bicyclic) bond motifs is 2. The van der Waals surface area contributed by atoms with E-state index in [1.807, 2.05) is 0 Å². The summed E-state index contributed by atoms with van der Waals surface area (Å²) in [6.45, 7) is 9.85. The highest BCUT2D eigenvalue weighted by Gasteiger charge is 2.41. The molecule has 6 nitrogen and oxygen atoms in total. The van der Waals surface area contributed by atoms with E-state index < -0.39 is 0 Å². The van der Waals surface area contributed by atoms with E-state index in [4.69, 9.17) is 4.98 Å². The van der Waals surface area contributed by atoms with Crippen LogP contribution in [0.2, 0.25) is 0 Å². The fourth-order valence-corrected chi connectivity index (χ4v) is 6.67. The van der Waals surface area contributed by atoms with Crippen molar-refractivity contribution in [1.29, 1.82) is 0 Å². The van der Waals surface area contributed by atoms with Gasteiger partial charge >= 0.3 is 0 Å². The minimum Gasteiger partial charge on any atom is -0.353 e. The molecule has 0 saturated carbocycles. The molecule has 1 aromatic heterocycles. The van der Waals surface area contributed by atoms with Gasteiger partial charge in [0.25, 0.3) is 0 Å². The van der Waals surface area contributed by atoms with Gasteiger partial charge in [0.2, 0.25) is 5.91 Å². The van der Waals surface area contributed by atoms with Crippen LogP contribution in [-0.2, 0) is 11.2 Å². The summed E-state index contributed by atoms with van der Waals surface area (Å²) in [4.78, 5) is 28.0. The van der Waals surface area contributed by atoms with Crippen molar-refractivity contribution in [1.82, 2.24) is 20.2 Å². The molecule has 188 valence electrons. The van der Waals surface area contributed by atoms with Crippen LogP contribution in [-0.4, -0.2) is 58.5 Å².